The van der Waals surface area contributed by atoms with Gasteiger partial charge in [-0.3, -0.25) is 24.0 Å². The van der Waals surface area contributed by atoms with Crippen LogP contribution in [0.5, 0.6) is 0 Å². The summed E-state index contributed by atoms with van der Waals surface area (Å²) in [6, 6.07) is -1.41. The maximum atomic E-state index is 12.0. The van der Waals surface area contributed by atoms with Gasteiger partial charge in [0.2, 0.25) is 5.91 Å². The molecule has 2 aliphatic rings. The fraction of sp³-hybridized carbons (Fsp3) is 0.773. The van der Waals surface area contributed by atoms with E-state index in [1.807, 2.05) is 0 Å². The van der Waals surface area contributed by atoms with Crippen LogP contribution in [0, 0.1) is 0 Å². The van der Waals surface area contributed by atoms with Crippen LogP contribution in [0.3, 0.4) is 0 Å². The Morgan fingerprint density at radius 1 is 0.737 bits per heavy atom. The molecule has 1 amide bonds. The predicted octanol–water partition coefficient (Wildman–Crippen LogP) is -2.97. The molecule has 0 aliphatic carbocycles. The number of rotatable bonds is 9. The highest BCUT2D eigenvalue weighted by molar-refractivity contribution is 5.73. The fourth-order valence-electron chi connectivity index (χ4n) is 4.09. The molecule has 6 unspecified atom stereocenters. The standard InChI is InChI=1S/C22H33NO15/c1-8(25)23-15-18(16(30)13(6-24)36-21(15)31)38-22-20(35-12(5)29)19(34-11(4)28)17(33-10(3)27)14(37-22)7-32-9(2)26/h13-22,24,30-31H,6-7H2,1-5H3,(H,23,25)/t13?,14?,15?,16-,17+,18?,19?,20?,21+,22+/m1/s1. The van der Waals surface area contributed by atoms with Gasteiger partial charge in [-0.15, -0.1) is 0 Å². The van der Waals surface area contributed by atoms with Crippen LogP contribution < -0.4 is 5.32 Å². The maximum absolute atomic E-state index is 12.0. The molecular formula is C22H33NO15. The number of amides is 1. The average molecular weight is 551 g/mol. The van der Waals surface area contributed by atoms with E-state index in [2.05, 4.69) is 5.32 Å². The highest BCUT2D eigenvalue weighted by atomic mass is 16.7. The predicted molar refractivity (Wildman–Crippen MR) is 118 cm³/mol. The van der Waals surface area contributed by atoms with Gasteiger partial charge in [-0.05, 0) is 0 Å². The van der Waals surface area contributed by atoms with Crippen LogP contribution in [0.2, 0.25) is 0 Å². The minimum absolute atomic E-state index is 0.523. The second-order valence-electron chi connectivity index (χ2n) is 8.63. The lowest BCUT2D eigenvalue weighted by molar-refractivity contribution is -0.343. The van der Waals surface area contributed by atoms with Crippen molar-refractivity contribution in [1.29, 1.82) is 0 Å². The van der Waals surface area contributed by atoms with E-state index >= 15 is 0 Å². The van der Waals surface area contributed by atoms with Gasteiger partial charge < -0.3 is 53.8 Å². The summed E-state index contributed by atoms with van der Waals surface area (Å²) in [5.41, 5.74) is 0. The van der Waals surface area contributed by atoms with Crippen molar-refractivity contribution in [3.05, 3.63) is 0 Å². The van der Waals surface area contributed by atoms with Gasteiger partial charge in [-0.1, -0.05) is 0 Å². The molecule has 2 aliphatic heterocycles. The van der Waals surface area contributed by atoms with E-state index in [-0.39, 0.29) is 0 Å². The highest BCUT2D eigenvalue weighted by Crippen LogP contribution is 2.33. The number of carbonyl (C=O) groups is 5. The van der Waals surface area contributed by atoms with E-state index in [1.165, 1.54) is 0 Å². The number of ether oxygens (including phenoxy) is 7. The first-order valence-electron chi connectivity index (χ1n) is 11.6. The molecule has 10 atom stereocenters. The molecular weight excluding hydrogens is 518 g/mol. The second kappa shape index (κ2) is 13.8. The van der Waals surface area contributed by atoms with E-state index in [1.54, 1.807) is 0 Å². The zero-order chi connectivity index (χ0) is 28.7. The summed E-state index contributed by atoms with van der Waals surface area (Å²) >= 11 is 0. The third-order valence-electron chi connectivity index (χ3n) is 5.48. The SMILES string of the molecule is CC(=O)NC1C(O[C@@H]2OC(COC(C)=O)[C@H](OC(C)=O)C(OC(C)=O)C2OC(C)=O)[C@H](O)C(CO)O[C@@H]1O. The lowest BCUT2D eigenvalue weighted by Crippen LogP contribution is -2.68. The smallest absolute Gasteiger partial charge is 0.303 e. The van der Waals surface area contributed by atoms with E-state index in [0.29, 0.717) is 0 Å². The van der Waals surface area contributed by atoms with Crippen molar-refractivity contribution in [3.63, 3.8) is 0 Å². The summed E-state index contributed by atoms with van der Waals surface area (Å²) < 4.78 is 37.7. The first kappa shape index (κ1) is 31.3. The summed E-state index contributed by atoms with van der Waals surface area (Å²) in [5, 5.41) is 33.1. The Kier molecular flexibility index (Phi) is 11.4. The van der Waals surface area contributed by atoms with Crippen LogP contribution >= 0.6 is 0 Å². The molecule has 2 fully saturated rings. The molecule has 0 aromatic carbocycles. The van der Waals surface area contributed by atoms with Crippen LogP contribution in [-0.4, -0.2) is 120 Å². The van der Waals surface area contributed by atoms with Gasteiger partial charge in [0.25, 0.3) is 0 Å². The summed E-state index contributed by atoms with van der Waals surface area (Å²) in [6.07, 6.45) is -14.0. The number of carbonyl (C=O) groups excluding carboxylic acids is 5. The van der Waals surface area contributed by atoms with Crippen LogP contribution in [-0.2, 0) is 57.1 Å². The van der Waals surface area contributed by atoms with E-state index < -0.39 is 104 Å². The quantitative estimate of drug-likeness (QED) is 0.166. The third kappa shape index (κ3) is 8.31. The van der Waals surface area contributed by atoms with Crippen LogP contribution in [0.4, 0.5) is 0 Å². The van der Waals surface area contributed by atoms with Gasteiger partial charge in [-0.2, -0.15) is 0 Å². The van der Waals surface area contributed by atoms with Crippen molar-refractivity contribution < 1.29 is 72.5 Å². The first-order valence-corrected chi connectivity index (χ1v) is 11.6. The molecule has 0 aromatic rings. The van der Waals surface area contributed by atoms with Crippen molar-refractivity contribution in [1.82, 2.24) is 5.32 Å². The van der Waals surface area contributed by atoms with Crippen molar-refractivity contribution >= 4 is 29.8 Å². The summed E-state index contributed by atoms with van der Waals surface area (Å²) in [4.78, 5) is 59.0. The average Bonchev–Trinajstić information content (AvgIpc) is 2.79. The Bertz CT molecular complexity index is 881. The van der Waals surface area contributed by atoms with Gasteiger partial charge in [0.05, 0.1) is 6.61 Å². The largest absolute Gasteiger partial charge is 0.463 e. The molecule has 0 aromatic heterocycles. The number of aliphatic hydroxyl groups is 3. The van der Waals surface area contributed by atoms with Gasteiger partial charge in [0.1, 0.15) is 37.1 Å². The number of esters is 4. The second-order valence-corrected chi connectivity index (χ2v) is 8.63. The van der Waals surface area contributed by atoms with Gasteiger partial charge in [-0.25, -0.2) is 0 Å². The Hall–Kier alpha value is -2.89. The van der Waals surface area contributed by atoms with E-state index in [9.17, 15) is 39.3 Å². The minimum atomic E-state index is -1.75. The zero-order valence-electron chi connectivity index (χ0n) is 21.4. The summed E-state index contributed by atoms with van der Waals surface area (Å²) in [7, 11) is 0. The number of hydrogen-bond donors (Lipinski definition) is 4. The van der Waals surface area contributed by atoms with Crippen molar-refractivity contribution in [2.75, 3.05) is 13.2 Å². The monoisotopic (exact) mass is 551 g/mol. The van der Waals surface area contributed by atoms with Gasteiger partial charge >= 0.3 is 23.9 Å². The Morgan fingerprint density at radius 2 is 1.29 bits per heavy atom. The molecule has 0 radical (unpaired) electrons. The number of aliphatic hydroxyl groups excluding tert-OH is 3. The first-order chi connectivity index (χ1) is 17.7. The Balaban J connectivity index is 2.54. The third-order valence-corrected chi connectivity index (χ3v) is 5.48. The number of nitrogens with one attached hydrogen (secondary N) is 1. The lowest BCUT2D eigenvalue weighted by atomic mass is 9.95. The van der Waals surface area contributed by atoms with Crippen LogP contribution in [0.25, 0.3) is 0 Å². The topological polar surface area (TPSA) is 223 Å². The molecule has 16 heteroatoms. The van der Waals surface area contributed by atoms with E-state index in [4.69, 9.17) is 33.2 Å². The molecule has 0 spiro atoms. The van der Waals surface area contributed by atoms with Crippen LogP contribution in [0.1, 0.15) is 34.6 Å². The van der Waals surface area contributed by atoms with E-state index in [0.717, 1.165) is 34.6 Å². The van der Waals surface area contributed by atoms with Gasteiger partial charge in [0, 0.05) is 34.6 Å². The molecule has 4 N–H and O–H groups in total. The Labute approximate surface area is 217 Å². The fourth-order valence-corrected chi connectivity index (χ4v) is 4.09. The normalized spacial score (nSPS) is 34.9. The Morgan fingerprint density at radius 3 is 1.79 bits per heavy atom. The highest BCUT2D eigenvalue weighted by Gasteiger charge is 2.55. The lowest BCUT2D eigenvalue weighted by Gasteiger charge is -2.48. The molecule has 0 saturated carbocycles. The molecule has 2 heterocycles. The van der Waals surface area contributed by atoms with Crippen molar-refractivity contribution in [2.45, 2.75) is 96.0 Å². The van der Waals surface area contributed by atoms with Crippen molar-refractivity contribution in [2.24, 2.45) is 0 Å². The molecule has 38 heavy (non-hydrogen) atoms. The zero-order valence-corrected chi connectivity index (χ0v) is 21.4. The summed E-state index contributed by atoms with van der Waals surface area (Å²) in [6.45, 7) is 4.10. The molecule has 16 nitrogen and oxygen atoms in total. The maximum Gasteiger partial charge on any atom is 0.303 e. The molecule has 216 valence electrons. The van der Waals surface area contributed by atoms with Gasteiger partial charge in [0.15, 0.2) is 30.9 Å². The molecule has 2 rings (SSSR count). The molecule has 2 saturated heterocycles. The van der Waals surface area contributed by atoms with Crippen molar-refractivity contribution in [3.8, 4) is 0 Å². The summed E-state index contributed by atoms with van der Waals surface area (Å²) in [5.74, 6) is -3.94. The molecule has 0 bridgehead atoms. The van der Waals surface area contributed by atoms with Crippen LogP contribution in [0.15, 0.2) is 0 Å². The minimum Gasteiger partial charge on any atom is -0.463 e. The number of hydrogen-bond acceptors (Lipinski definition) is 15.